The van der Waals surface area contributed by atoms with E-state index >= 15 is 0 Å². The molecule has 1 saturated heterocycles. The average molecular weight is 251 g/mol. The van der Waals surface area contributed by atoms with Crippen LogP contribution in [-0.4, -0.2) is 38.8 Å². The maximum absolute atomic E-state index is 5.93. The van der Waals surface area contributed by atoms with Crippen LogP contribution in [0.1, 0.15) is 38.9 Å². The van der Waals surface area contributed by atoms with Gasteiger partial charge in [0.25, 0.3) is 0 Å². The lowest BCUT2D eigenvalue weighted by molar-refractivity contribution is 0.103. The summed E-state index contributed by atoms with van der Waals surface area (Å²) in [7, 11) is 0. The molecule has 0 saturated carbocycles. The van der Waals surface area contributed by atoms with Crippen LogP contribution in [0.4, 0.5) is 0 Å². The van der Waals surface area contributed by atoms with Gasteiger partial charge in [-0.3, -0.25) is 4.90 Å². The summed E-state index contributed by atoms with van der Waals surface area (Å²) in [5.74, 6) is 1.91. The van der Waals surface area contributed by atoms with E-state index in [1.807, 2.05) is 4.68 Å². The molecule has 2 rings (SSSR count). The fraction of sp³-hybridized carbons (Fsp3) is 0.846. The van der Waals surface area contributed by atoms with Crippen molar-refractivity contribution in [3.05, 3.63) is 12.2 Å². The van der Waals surface area contributed by atoms with Crippen LogP contribution in [0, 0.1) is 5.92 Å². The van der Waals surface area contributed by atoms with E-state index in [4.69, 9.17) is 5.73 Å². The van der Waals surface area contributed by atoms with Gasteiger partial charge >= 0.3 is 0 Å². The number of nitrogens with two attached hydrogens (primary N) is 1. The van der Waals surface area contributed by atoms with Gasteiger partial charge in [0.15, 0.2) is 0 Å². The lowest BCUT2D eigenvalue weighted by Crippen LogP contribution is -2.46. The van der Waals surface area contributed by atoms with E-state index in [9.17, 15) is 0 Å². The molecule has 1 aliphatic heterocycles. The molecule has 0 bridgehead atoms. The van der Waals surface area contributed by atoms with Crippen molar-refractivity contribution in [2.75, 3.05) is 13.1 Å². The molecule has 1 fully saturated rings. The van der Waals surface area contributed by atoms with E-state index in [1.54, 1.807) is 6.33 Å². The van der Waals surface area contributed by atoms with Crippen LogP contribution in [0.3, 0.4) is 0 Å². The lowest BCUT2D eigenvalue weighted by atomic mass is 9.89. The predicted molar refractivity (Wildman–Crippen MR) is 72.0 cm³/mol. The Balaban J connectivity index is 2.00. The van der Waals surface area contributed by atoms with Crippen LogP contribution < -0.4 is 5.73 Å². The zero-order valence-corrected chi connectivity index (χ0v) is 11.5. The molecule has 0 radical (unpaired) electrons. The second-order valence-corrected chi connectivity index (χ2v) is 5.15. The van der Waals surface area contributed by atoms with Crippen molar-refractivity contribution in [1.82, 2.24) is 19.7 Å². The summed E-state index contributed by atoms with van der Waals surface area (Å²) in [5, 5.41) is 4.23. The van der Waals surface area contributed by atoms with Crippen molar-refractivity contribution in [1.29, 1.82) is 0 Å². The normalized spacial score (nSPS) is 25.5. The number of aryl methyl sites for hydroxylation is 1. The third-order valence-electron chi connectivity index (χ3n) is 4.14. The minimum atomic E-state index is 0.505. The van der Waals surface area contributed by atoms with E-state index < -0.39 is 0 Å². The highest BCUT2D eigenvalue weighted by Crippen LogP contribution is 2.25. The maximum Gasteiger partial charge on any atom is 0.141 e. The SMILES string of the molecule is CCC1CCN(Cc2ncnn2CC)C(CN)C1. The number of likely N-dealkylation sites (tertiary alicyclic amines) is 1. The molecular formula is C13H25N5. The molecule has 0 spiro atoms. The summed E-state index contributed by atoms with van der Waals surface area (Å²) in [6.07, 6.45) is 5.44. The summed E-state index contributed by atoms with van der Waals surface area (Å²) in [6, 6.07) is 0.505. The number of rotatable bonds is 5. The Morgan fingerprint density at radius 3 is 2.94 bits per heavy atom. The van der Waals surface area contributed by atoms with Crippen LogP contribution in [0.15, 0.2) is 6.33 Å². The molecule has 1 aromatic heterocycles. The van der Waals surface area contributed by atoms with Crippen molar-refractivity contribution in [2.24, 2.45) is 11.7 Å². The van der Waals surface area contributed by atoms with Crippen LogP contribution >= 0.6 is 0 Å². The van der Waals surface area contributed by atoms with Crippen LogP contribution in [-0.2, 0) is 13.1 Å². The first-order valence-corrected chi connectivity index (χ1v) is 7.09. The molecule has 0 amide bonds. The van der Waals surface area contributed by atoms with Gasteiger partial charge in [-0.2, -0.15) is 5.10 Å². The van der Waals surface area contributed by atoms with Gasteiger partial charge < -0.3 is 5.73 Å². The fourth-order valence-corrected chi connectivity index (χ4v) is 2.86. The monoisotopic (exact) mass is 251 g/mol. The third kappa shape index (κ3) is 2.90. The second-order valence-electron chi connectivity index (χ2n) is 5.15. The molecule has 1 aromatic rings. The van der Waals surface area contributed by atoms with Crippen molar-refractivity contribution in [3.63, 3.8) is 0 Å². The van der Waals surface area contributed by atoms with Crippen LogP contribution in [0.5, 0.6) is 0 Å². The molecule has 0 aliphatic carbocycles. The van der Waals surface area contributed by atoms with E-state index in [0.717, 1.165) is 37.9 Å². The average Bonchev–Trinajstić information content (AvgIpc) is 2.86. The van der Waals surface area contributed by atoms with Gasteiger partial charge in [-0.05, 0) is 32.2 Å². The number of nitrogens with zero attached hydrogens (tertiary/aromatic N) is 4. The zero-order valence-electron chi connectivity index (χ0n) is 11.5. The Bertz CT molecular complexity index is 362. The quantitative estimate of drug-likeness (QED) is 0.855. The highest BCUT2D eigenvalue weighted by molar-refractivity contribution is 4.89. The second kappa shape index (κ2) is 6.29. The standard InChI is InChI=1S/C13H25N5/c1-3-11-5-6-17(12(7-11)8-14)9-13-15-10-16-18(13)4-2/h10-12H,3-9,14H2,1-2H3. The molecule has 5 heteroatoms. The molecule has 102 valence electrons. The van der Waals surface area contributed by atoms with Gasteiger partial charge in [0.1, 0.15) is 12.2 Å². The smallest absolute Gasteiger partial charge is 0.141 e. The highest BCUT2D eigenvalue weighted by atomic mass is 15.3. The molecule has 2 heterocycles. The molecule has 5 nitrogen and oxygen atoms in total. The van der Waals surface area contributed by atoms with Crippen LogP contribution in [0.2, 0.25) is 0 Å². The number of hydrogen-bond acceptors (Lipinski definition) is 4. The zero-order chi connectivity index (χ0) is 13.0. The predicted octanol–water partition coefficient (Wildman–Crippen LogP) is 1.25. The van der Waals surface area contributed by atoms with Gasteiger partial charge in [0.05, 0.1) is 6.54 Å². The Morgan fingerprint density at radius 1 is 1.44 bits per heavy atom. The van der Waals surface area contributed by atoms with Gasteiger partial charge in [0.2, 0.25) is 0 Å². The Morgan fingerprint density at radius 2 is 2.28 bits per heavy atom. The summed E-state index contributed by atoms with van der Waals surface area (Å²) in [4.78, 5) is 6.83. The minimum absolute atomic E-state index is 0.505. The summed E-state index contributed by atoms with van der Waals surface area (Å²) in [5.41, 5.74) is 5.93. The summed E-state index contributed by atoms with van der Waals surface area (Å²) in [6.45, 7) is 8.03. The first kappa shape index (κ1) is 13.5. The first-order valence-electron chi connectivity index (χ1n) is 7.09. The molecular weight excluding hydrogens is 226 g/mol. The van der Waals surface area contributed by atoms with E-state index in [1.165, 1.54) is 19.3 Å². The molecule has 18 heavy (non-hydrogen) atoms. The van der Waals surface area contributed by atoms with Gasteiger partial charge in [-0.1, -0.05) is 13.3 Å². The summed E-state index contributed by atoms with van der Waals surface area (Å²) < 4.78 is 1.97. The maximum atomic E-state index is 5.93. The molecule has 2 unspecified atom stereocenters. The molecule has 2 N–H and O–H groups in total. The van der Waals surface area contributed by atoms with E-state index in [2.05, 4.69) is 28.8 Å². The Hall–Kier alpha value is -0.940. The topological polar surface area (TPSA) is 60.0 Å². The van der Waals surface area contributed by atoms with E-state index in [0.29, 0.717) is 6.04 Å². The number of piperidine rings is 1. The van der Waals surface area contributed by atoms with Crippen LogP contribution in [0.25, 0.3) is 0 Å². The van der Waals surface area contributed by atoms with Gasteiger partial charge in [-0.15, -0.1) is 0 Å². The largest absolute Gasteiger partial charge is 0.329 e. The number of aromatic nitrogens is 3. The van der Waals surface area contributed by atoms with Crippen molar-refractivity contribution in [3.8, 4) is 0 Å². The molecule has 1 aliphatic rings. The molecule has 2 atom stereocenters. The van der Waals surface area contributed by atoms with Gasteiger partial charge in [0, 0.05) is 19.1 Å². The Labute approximate surface area is 109 Å². The Kier molecular flexibility index (Phi) is 4.72. The van der Waals surface area contributed by atoms with E-state index in [-0.39, 0.29) is 0 Å². The lowest BCUT2D eigenvalue weighted by Gasteiger charge is -2.38. The minimum Gasteiger partial charge on any atom is -0.329 e. The highest BCUT2D eigenvalue weighted by Gasteiger charge is 2.27. The van der Waals surface area contributed by atoms with Crippen molar-refractivity contribution < 1.29 is 0 Å². The molecule has 0 aromatic carbocycles. The number of hydrogen-bond donors (Lipinski definition) is 1. The van der Waals surface area contributed by atoms with Crippen molar-refractivity contribution >= 4 is 0 Å². The van der Waals surface area contributed by atoms with Gasteiger partial charge in [-0.25, -0.2) is 9.67 Å². The first-order chi connectivity index (χ1) is 8.78. The fourth-order valence-electron chi connectivity index (χ4n) is 2.86. The third-order valence-corrected chi connectivity index (χ3v) is 4.14. The van der Waals surface area contributed by atoms with Crippen molar-refractivity contribution in [2.45, 2.75) is 52.2 Å². The summed E-state index contributed by atoms with van der Waals surface area (Å²) >= 11 is 0.